The van der Waals surface area contributed by atoms with Gasteiger partial charge in [0.15, 0.2) is 11.5 Å². The lowest BCUT2D eigenvalue weighted by Gasteiger charge is -2.09. The molecule has 0 atom stereocenters. The lowest BCUT2D eigenvalue weighted by atomic mass is 10.2. The molecule has 3 N–H and O–H groups in total. The molecule has 0 aromatic heterocycles. The van der Waals surface area contributed by atoms with Crippen molar-refractivity contribution >= 4 is 6.03 Å². The van der Waals surface area contributed by atoms with Gasteiger partial charge in [0.25, 0.3) is 0 Å². The molecule has 1 aromatic carbocycles. The highest BCUT2D eigenvalue weighted by Gasteiger charge is 2.04. The second-order valence-electron chi connectivity index (χ2n) is 4.68. The van der Waals surface area contributed by atoms with Gasteiger partial charge in [-0.3, -0.25) is 0 Å². The van der Waals surface area contributed by atoms with E-state index in [0.29, 0.717) is 18.8 Å². The van der Waals surface area contributed by atoms with Crippen LogP contribution in [-0.2, 0) is 6.54 Å². The van der Waals surface area contributed by atoms with Gasteiger partial charge in [-0.25, -0.2) is 4.79 Å². The minimum absolute atomic E-state index is 0.0757. The fourth-order valence-electron chi connectivity index (χ4n) is 1.84. The van der Waals surface area contributed by atoms with Crippen LogP contribution >= 0.6 is 0 Å². The van der Waals surface area contributed by atoms with E-state index in [2.05, 4.69) is 17.6 Å². The predicted molar refractivity (Wildman–Crippen MR) is 79.0 cm³/mol. The van der Waals surface area contributed by atoms with E-state index in [9.17, 15) is 9.90 Å². The zero-order chi connectivity index (χ0) is 14.8. The third kappa shape index (κ3) is 5.82. The van der Waals surface area contributed by atoms with Crippen molar-refractivity contribution in [3.63, 3.8) is 0 Å². The van der Waals surface area contributed by atoms with Gasteiger partial charge in [0.1, 0.15) is 0 Å². The highest BCUT2D eigenvalue weighted by Crippen LogP contribution is 2.25. The SMILES string of the molecule is CCCCCCNC(=O)NCc1ccc(OC)c(O)c1. The Morgan fingerprint density at radius 2 is 2.05 bits per heavy atom. The number of carbonyl (C=O) groups excluding carboxylic acids is 1. The van der Waals surface area contributed by atoms with Gasteiger partial charge in [-0.2, -0.15) is 0 Å². The zero-order valence-corrected chi connectivity index (χ0v) is 12.2. The van der Waals surface area contributed by atoms with Crippen LogP contribution in [0.2, 0.25) is 0 Å². The fourth-order valence-corrected chi connectivity index (χ4v) is 1.84. The maximum atomic E-state index is 11.5. The van der Waals surface area contributed by atoms with Crippen molar-refractivity contribution in [2.45, 2.75) is 39.2 Å². The highest BCUT2D eigenvalue weighted by molar-refractivity contribution is 5.73. The van der Waals surface area contributed by atoms with E-state index >= 15 is 0 Å². The molecular formula is C15H24N2O3. The molecule has 0 saturated carbocycles. The van der Waals surface area contributed by atoms with E-state index in [4.69, 9.17) is 4.74 Å². The van der Waals surface area contributed by atoms with Crippen molar-refractivity contribution in [2.75, 3.05) is 13.7 Å². The summed E-state index contributed by atoms with van der Waals surface area (Å²) in [7, 11) is 1.50. The Labute approximate surface area is 120 Å². The maximum absolute atomic E-state index is 11.5. The molecule has 0 aliphatic rings. The number of nitrogens with one attached hydrogen (secondary N) is 2. The Hall–Kier alpha value is -1.91. The molecule has 0 saturated heterocycles. The molecular weight excluding hydrogens is 256 g/mol. The van der Waals surface area contributed by atoms with Gasteiger partial charge < -0.3 is 20.5 Å². The molecule has 0 heterocycles. The largest absolute Gasteiger partial charge is 0.504 e. The minimum Gasteiger partial charge on any atom is -0.504 e. The Balaban J connectivity index is 2.25. The van der Waals surface area contributed by atoms with Gasteiger partial charge in [0, 0.05) is 13.1 Å². The smallest absolute Gasteiger partial charge is 0.315 e. The van der Waals surface area contributed by atoms with Crippen LogP contribution in [0.3, 0.4) is 0 Å². The summed E-state index contributed by atoms with van der Waals surface area (Å²) in [4.78, 5) is 11.5. The first-order chi connectivity index (χ1) is 9.67. The van der Waals surface area contributed by atoms with Crippen molar-refractivity contribution in [1.29, 1.82) is 0 Å². The van der Waals surface area contributed by atoms with Gasteiger partial charge in [0.05, 0.1) is 7.11 Å². The summed E-state index contributed by atoms with van der Waals surface area (Å²) in [5, 5.41) is 15.2. The standard InChI is InChI=1S/C15H24N2O3/c1-3-4-5-6-9-16-15(19)17-11-12-7-8-14(20-2)13(18)10-12/h7-8,10,18H,3-6,9,11H2,1-2H3,(H2,16,17,19). The number of aromatic hydroxyl groups is 1. The van der Waals surface area contributed by atoms with E-state index in [0.717, 1.165) is 18.4 Å². The minimum atomic E-state index is -0.184. The number of phenolic OH excluding ortho intramolecular Hbond substituents is 1. The van der Waals surface area contributed by atoms with Crippen LogP contribution in [0.5, 0.6) is 11.5 Å². The Morgan fingerprint density at radius 1 is 1.25 bits per heavy atom. The molecule has 0 aliphatic carbocycles. The number of phenols is 1. The quantitative estimate of drug-likeness (QED) is 0.641. The topological polar surface area (TPSA) is 70.6 Å². The first kappa shape index (κ1) is 16.1. The molecule has 20 heavy (non-hydrogen) atoms. The number of unbranched alkanes of at least 4 members (excludes halogenated alkanes) is 3. The van der Waals surface area contributed by atoms with E-state index < -0.39 is 0 Å². The molecule has 5 heteroatoms. The number of hydrogen-bond donors (Lipinski definition) is 3. The molecule has 2 amide bonds. The fraction of sp³-hybridized carbons (Fsp3) is 0.533. The summed E-state index contributed by atoms with van der Waals surface area (Å²) in [6.07, 6.45) is 4.54. The molecule has 0 radical (unpaired) electrons. The average molecular weight is 280 g/mol. The normalized spacial score (nSPS) is 10.1. The number of amides is 2. The van der Waals surface area contributed by atoms with Crippen LogP contribution in [0.4, 0.5) is 4.79 Å². The number of ether oxygens (including phenoxy) is 1. The number of urea groups is 1. The van der Waals surface area contributed by atoms with E-state index in [1.165, 1.54) is 20.0 Å². The summed E-state index contributed by atoms with van der Waals surface area (Å²) in [6.45, 7) is 3.22. The Kier molecular flexibility index (Phi) is 7.32. The van der Waals surface area contributed by atoms with Crippen molar-refractivity contribution in [3.8, 4) is 11.5 Å². The van der Waals surface area contributed by atoms with Crippen molar-refractivity contribution in [1.82, 2.24) is 10.6 Å². The molecule has 0 aliphatic heterocycles. The number of carbonyl (C=O) groups is 1. The maximum Gasteiger partial charge on any atom is 0.315 e. The Bertz CT molecular complexity index is 422. The number of rotatable bonds is 8. The van der Waals surface area contributed by atoms with Crippen LogP contribution in [0.15, 0.2) is 18.2 Å². The average Bonchev–Trinajstić information content (AvgIpc) is 2.45. The molecule has 1 aromatic rings. The first-order valence-electron chi connectivity index (χ1n) is 7.05. The number of methoxy groups -OCH3 is 1. The lowest BCUT2D eigenvalue weighted by Crippen LogP contribution is -2.35. The second-order valence-corrected chi connectivity index (χ2v) is 4.68. The summed E-state index contributed by atoms with van der Waals surface area (Å²) in [6, 6.07) is 4.88. The van der Waals surface area contributed by atoms with E-state index in [1.54, 1.807) is 18.2 Å². The van der Waals surface area contributed by atoms with E-state index in [-0.39, 0.29) is 11.8 Å². The highest BCUT2D eigenvalue weighted by atomic mass is 16.5. The van der Waals surface area contributed by atoms with Gasteiger partial charge >= 0.3 is 6.03 Å². The third-order valence-electron chi connectivity index (χ3n) is 3.01. The summed E-state index contributed by atoms with van der Waals surface area (Å²) in [5.74, 6) is 0.501. The van der Waals surface area contributed by atoms with Gasteiger partial charge in [-0.05, 0) is 24.1 Å². The van der Waals surface area contributed by atoms with Crippen molar-refractivity contribution in [3.05, 3.63) is 23.8 Å². The van der Waals surface area contributed by atoms with Crippen LogP contribution in [0, 0.1) is 0 Å². The number of benzene rings is 1. The molecule has 5 nitrogen and oxygen atoms in total. The van der Waals surface area contributed by atoms with Crippen LogP contribution in [0.25, 0.3) is 0 Å². The van der Waals surface area contributed by atoms with E-state index in [1.807, 2.05) is 0 Å². The lowest BCUT2D eigenvalue weighted by molar-refractivity contribution is 0.240. The van der Waals surface area contributed by atoms with Crippen LogP contribution < -0.4 is 15.4 Å². The Morgan fingerprint density at radius 3 is 2.70 bits per heavy atom. The van der Waals surface area contributed by atoms with Gasteiger partial charge in [-0.1, -0.05) is 32.3 Å². The number of hydrogen-bond acceptors (Lipinski definition) is 3. The summed E-state index contributed by atoms with van der Waals surface area (Å²) >= 11 is 0. The zero-order valence-electron chi connectivity index (χ0n) is 12.2. The third-order valence-corrected chi connectivity index (χ3v) is 3.01. The van der Waals surface area contributed by atoms with Gasteiger partial charge in [0.2, 0.25) is 0 Å². The first-order valence-corrected chi connectivity index (χ1v) is 7.05. The molecule has 0 spiro atoms. The molecule has 112 valence electrons. The van der Waals surface area contributed by atoms with Crippen molar-refractivity contribution < 1.29 is 14.6 Å². The second kappa shape index (κ2) is 9.07. The molecule has 0 bridgehead atoms. The van der Waals surface area contributed by atoms with Gasteiger partial charge in [-0.15, -0.1) is 0 Å². The van der Waals surface area contributed by atoms with Crippen LogP contribution in [0.1, 0.15) is 38.2 Å². The van der Waals surface area contributed by atoms with Crippen molar-refractivity contribution in [2.24, 2.45) is 0 Å². The monoisotopic (exact) mass is 280 g/mol. The summed E-state index contributed by atoms with van der Waals surface area (Å²) in [5.41, 5.74) is 0.824. The summed E-state index contributed by atoms with van der Waals surface area (Å²) < 4.78 is 4.96. The molecule has 1 rings (SSSR count). The molecule has 0 fully saturated rings. The predicted octanol–water partition coefficient (Wildman–Crippen LogP) is 2.78. The molecule has 0 unspecified atom stereocenters. The van der Waals surface area contributed by atoms with Crippen LogP contribution in [-0.4, -0.2) is 24.8 Å².